The molecule has 0 atom stereocenters. The van der Waals surface area contributed by atoms with Crippen LogP contribution in [0.2, 0.25) is 0 Å². The van der Waals surface area contributed by atoms with E-state index in [1.165, 1.54) is 18.4 Å². The molecule has 6 nitrogen and oxygen atoms in total. The van der Waals surface area contributed by atoms with Crippen molar-refractivity contribution in [2.24, 2.45) is 0 Å². The molecule has 0 unspecified atom stereocenters. The van der Waals surface area contributed by atoms with Gasteiger partial charge in [0.2, 0.25) is 11.2 Å². The number of para-hydroxylation sites is 1. The van der Waals surface area contributed by atoms with Crippen LogP contribution in [0.15, 0.2) is 72.9 Å². The molecule has 2 aromatic heterocycles. The van der Waals surface area contributed by atoms with Gasteiger partial charge in [-0.3, -0.25) is 9.69 Å². The van der Waals surface area contributed by atoms with Crippen molar-refractivity contribution in [2.45, 2.75) is 19.3 Å². The molecule has 3 heterocycles. The highest BCUT2D eigenvalue weighted by Gasteiger charge is 2.41. The first-order valence-electron chi connectivity index (χ1n) is 9.81. The monoisotopic (exact) mass is 521 g/mol. The molecule has 0 spiro atoms. The van der Waals surface area contributed by atoms with Crippen LogP contribution in [0.4, 0.5) is 13.2 Å². The molecular formula is C23H15BrF3NO5. The fourth-order valence-electron chi connectivity index (χ4n) is 3.64. The van der Waals surface area contributed by atoms with Crippen LogP contribution in [0, 0.1) is 0 Å². The Morgan fingerprint density at radius 1 is 1.09 bits per heavy atom. The number of hydrogen-bond donors (Lipinski definition) is 0. The van der Waals surface area contributed by atoms with Crippen LogP contribution in [-0.4, -0.2) is 11.6 Å². The van der Waals surface area contributed by atoms with Gasteiger partial charge in [-0.05, 0) is 52.3 Å². The lowest BCUT2D eigenvalue weighted by atomic mass is 10.1. The zero-order valence-corrected chi connectivity index (χ0v) is 18.4. The van der Waals surface area contributed by atoms with E-state index >= 15 is 0 Å². The standard InChI is InChI=1S/C23H15BrF3NO5/c24-16-5-1-2-6-18(16)32-21-19(29)14-7-8-17-15(20(14)33-22(21)23(25,26)27)11-28(12-31-17)10-13-4-3-9-30-13/h1-9H,10-12H2. The molecule has 170 valence electrons. The van der Waals surface area contributed by atoms with Crippen molar-refractivity contribution in [3.63, 3.8) is 0 Å². The summed E-state index contributed by atoms with van der Waals surface area (Å²) in [6.07, 6.45) is -3.43. The summed E-state index contributed by atoms with van der Waals surface area (Å²) in [4.78, 5) is 15.0. The molecule has 5 rings (SSSR count). The highest BCUT2D eigenvalue weighted by atomic mass is 79.9. The Morgan fingerprint density at radius 2 is 1.91 bits per heavy atom. The Morgan fingerprint density at radius 3 is 2.64 bits per heavy atom. The van der Waals surface area contributed by atoms with E-state index in [1.54, 1.807) is 36.4 Å². The first-order chi connectivity index (χ1) is 15.8. The smallest absolute Gasteiger partial charge is 0.453 e. The summed E-state index contributed by atoms with van der Waals surface area (Å²) in [5.74, 6) is -1.35. The normalized spacial score (nSPS) is 14.2. The Bertz CT molecular complexity index is 1380. The van der Waals surface area contributed by atoms with E-state index in [2.05, 4.69) is 15.9 Å². The zero-order valence-electron chi connectivity index (χ0n) is 16.8. The van der Waals surface area contributed by atoms with E-state index in [4.69, 9.17) is 18.3 Å². The number of fused-ring (bicyclic) bond motifs is 3. The predicted octanol–water partition coefficient (Wildman–Crippen LogP) is 6.31. The molecule has 0 bridgehead atoms. The van der Waals surface area contributed by atoms with Crippen LogP contribution >= 0.6 is 15.9 Å². The molecule has 0 saturated carbocycles. The molecule has 2 aromatic carbocycles. The minimum atomic E-state index is -4.96. The van der Waals surface area contributed by atoms with E-state index in [0.717, 1.165) is 0 Å². The van der Waals surface area contributed by atoms with Crippen molar-refractivity contribution in [1.82, 2.24) is 4.90 Å². The molecule has 0 radical (unpaired) electrons. The average molecular weight is 522 g/mol. The molecular weight excluding hydrogens is 507 g/mol. The molecule has 1 aliphatic rings. The van der Waals surface area contributed by atoms with Crippen LogP contribution in [0.1, 0.15) is 17.1 Å². The molecule has 33 heavy (non-hydrogen) atoms. The summed E-state index contributed by atoms with van der Waals surface area (Å²) in [5, 5.41) is -0.0350. The number of alkyl halides is 3. The van der Waals surface area contributed by atoms with Crippen LogP contribution in [-0.2, 0) is 19.3 Å². The van der Waals surface area contributed by atoms with Crippen molar-refractivity contribution >= 4 is 26.9 Å². The van der Waals surface area contributed by atoms with Gasteiger partial charge in [0, 0.05) is 6.54 Å². The third kappa shape index (κ3) is 4.11. The van der Waals surface area contributed by atoms with Gasteiger partial charge in [0.05, 0.1) is 28.2 Å². The molecule has 0 fully saturated rings. The summed E-state index contributed by atoms with van der Waals surface area (Å²) in [7, 11) is 0. The second-order valence-electron chi connectivity index (χ2n) is 7.38. The van der Waals surface area contributed by atoms with Crippen molar-refractivity contribution in [3.8, 4) is 17.2 Å². The van der Waals surface area contributed by atoms with E-state index in [0.29, 0.717) is 28.1 Å². The fraction of sp³-hybridized carbons (Fsp3) is 0.174. The number of ether oxygens (including phenoxy) is 2. The number of hydrogen-bond acceptors (Lipinski definition) is 6. The van der Waals surface area contributed by atoms with Crippen LogP contribution in [0.5, 0.6) is 17.2 Å². The lowest BCUT2D eigenvalue weighted by Crippen LogP contribution is -2.31. The molecule has 10 heteroatoms. The van der Waals surface area contributed by atoms with Crippen LogP contribution < -0.4 is 14.9 Å². The van der Waals surface area contributed by atoms with Gasteiger partial charge in [-0.2, -0.15) is 13.2 Å². The van der Waals surface area contributed by atoms with Crippen LogP contribution in [0.25, 0.3) is 11.0 Å². The maximum atomic E-state index is 13.9. The number of nitrogens with zero attached hydrogens (tertiary/aromatic N) is 1. The van der Waals surface area contributed by atoms with E-state index in [9.17, 15) is 18.0 Å². The summed E-state index contributed by atoms with van der Waals surface area (Å²) in [6.45, 7) is 0.791. The SMILES string of the molecule is O=c1c(Oc2ccccc2Br)c(C(F)(F)F)oc2c3c(ccc12)OCN(Cc1ccco1)C3. The summed E-state index contributed by atoms with van der Waals surface area (Å²) < 4.78 is 64.0. The topological polar surface area (TPSA) is 65.1 Å². The molecule has 1 aliphatic heterocycles. The Kier molecular flexibility index (Phi) is 5.41. The summed E-state index contributed by atoms with van der Waals surface area (Å²) in [5.41, 5.74) is -0.765. The zero-order chi connectivity index (χ0) is 23.2. The number of benzene rings is 2. The maximum absolute atomic E-state index is 13.9. The second kappa shape index (κ2) is 8.27. The van der Waals surface area contributed by atoms with Gasteiger partial charge in [0.1, 0.15) is 29.6 Å². The summed E-state index contributed by atoms with van der Waals surface area (Å²) >= 11 is 3.21. The molecule has 0 aliphatic carbocycles. The summed E-state index contributed by atoms with van der Waals surface area (Å²) in [6, 6.07) is 12.7. The predicted molar refractivity (Wildman–Crippen MR) is 115 cm³/mol. The van der Waals surface area contributed by atoms with Gasteiger partial charge in [-0.1, -0.05) is 12.1 Å². The van der Waals surface area contributed by atoms with Gasteiger partial charge in [-0.25, -0.2) is 0 Å². The van der Waals surface area contributed by atoms with Gasteiger partial charge in [0.15, 0.2) is 0 Å². The number of halogens is 4. The number of furan rings is 1. The largest absolute Gasteiger partial charge is 0.478 e. The van der Waals surface area contributed by atoms with Gasteiger partial charge in [0.25, 0.3) is 5.76 Å². The van der Waals surface area contributed by atoms with E-state index in [1.807, 2.05) is 4.90 Å². The Labute approximate surface area is 193 Å². The van der Waals surface area contributed by atoms with E-state index in [-0.39, 0.29) is 30.0 Å². The lowest BCUT2D eigenvalue weighted by Gasteiger charge is -2.28. The first kappa shape index (κ1) is 21.6. The van der Waals surface area contributed by atoms with Crippen molar-refractivity contribution in [2.75, 3.05) is 6.73 Å². The number of rotatable bonds is 4. The maximum Gasteiger partial charge on any atom is 0.453 e. The van der Waals surface area contributed by atoms with E-state index < -0.39 is 23.1 Å². The third-order valence-electron chi connectivity index (χ3n) is 5.13. The van der Waals surface area contributed by atoms with Crippen molar-refractivity contribution < 1.29 is 31.5 Å². The quantitative estimate of drug-likeness (QED) is 0.313. The minimum absolute atomic E-state index is 0.0350. The fourth-order valence-corrected chi connectivity index (χ4v) is 4.00. The van der Waals surface area contributed by atoms with Gasteiger partial charge in [-0.15, -0.1) is 0 Å². The average Bonchev–Trinajstić information content (AvgIpc) is 3.29. The van der Waals surface area contributed by atoms with Crippen LogP contribution in [0.3, 0.4) is 0 Å². The van der Waals surface area contributed by atoms with Crippen molar-refractivity contribution in [3.05, 3.63) is 86.6 Å². The van der Waals surface area contributed by atoms with Gasteiger partial charge >= 0.3 is 6.18 Å². The first-order valence-corrected chi connectivity index (χ1v) is 10.6. The highest BCUT2D eigenvalue weighted by Crippen LogP contribution is 2.41. The molecule has 0 N–H and O–H groups in total. The highest BCUT2D eigenvalue weighted by molar-refractivity contribution is 9.10. The molecule has 0 amide bonds. The molecule has 0 saturated heterocycles. The van der Waals surface area contributed by atoms with Crippen molar-refractivity contribution in [1.29, 1.82) is 0 Å². The Hall–Kier alpha value is -3.24. The van der Waals surface area contributed by atoms with Gasteiger partial charge < -0.3 is 18.3 Å². The molecule has 4 aromatic rings. The third-order valence-corrected chi connectivity index (χ3v) is 5.78. The lowest BCUT2D eigenvalue weighted by molar-refractivity contribution is -0.154. The second-order valence-corrected chi connectivity index (χ2v) is 8.23. The minimum Gasteiger partial charge on any atom is -0.478 e. The Balaban J connectivity index is 1.63.